The molecule has 3 heteroatoms. The van der Waals surface area contributed by atoms with Crippen LogP contribution in [0.15, 0.2) is 54.6 Å². The smallest absolute Gasteiger partial charge is 0.224 e. The van der Waals surface area contributed by atoms with Crippen molar-refractivity contribution in [1.29, 1.82) is 0 Å². The number of amides is 1. The van der Waals surface area contributed by atoms with Gasteiger partial charge in [-0.15, -0.1) is 0 Å². The van der Waals surface area contributed by atoms with E-state index in [-0.39, 0.29) is 5.91 Å². The highest BCUT2D eigenvalue weighted by Gasteiger charge is 2.05. The second-order valence-corrected chi connectivity index (χ2v) is 5.15. The van der Waals surface area contributed by atoms with Crippen molar-refractivity contribution in [2.24, 2.45) is 0 Å². The quantitative estimate of drug-likeness (QED) is 0.721. The maximum atomic E-state index is 11.7. The molecule has 3 nitrogen and oxygen atoms in total. The van der Waals surface area contributed by atoms with Crippen molar-refractivity contribution in [2.75, 3.05) is 5.32 Å². The first kappa shape index (κ1) is 13.4. The second-order valence-electron chi connectivity index (χ2n) is 5.15. The van der Waals surface area contributed by atoms with Gasteiger partial charge in [-0.25, -0.2) is 0 Å². The lowest BCUT2D eigenvalue weighted by Crippen LogP contribution is -2.10. The maximum absolute atomic E-state index is 11.7. The van der Waals surface area contributed by atoms with Crippen LogP contribution in [-0.2, 0) is 4.79 Å². The third kappa shape index (κ3) is 2.97. The zero-order chi connectivity index (χ0) is 14.7. The molecule has 0 saturated heterocycles. The van der Waals surface area contributed by atoms with Gasteiger partial charge in [0.05, 0.1) is 0 Å². The molecule has 0 fully saturated rings. The van der Waals surface area contributed by atoms with Crippen molar-refractivity contribution in [2.45, 2.75) is 19.8 Å². The lowest BCUT2D eigenvalue weighted by molar-refractivity contribution is -0.116. The number of H-pyrrole nitrogens is 1. The molecule has 1 amide bonds. The van der Waals surface area contributed by atoms with Crippen LogP contribution >= 0.6 is 0 Å². The number of aromatic amines is 1. The fourth-order valence-corrected chi connectivity index (χ4v) is 2.44. The molecule has 0 saturated carbocycles. The minimum Gasteiger partial charge on any atom is -0.355 e. The van der Waals surface area contributed by atoms with E-state index in [1.807, 2.05) is 43.3 Å². The van der Waals surface area contributed by atoms with Crippen LogP contribution in [0.5, 0.6) is 0 Å². The van der Waals surface area contributed by atoms with Crippen molar-refractivity contribution in [3.63, 3.8) is 0 Å². The molecule has 0 aliphatic heterocycles. The van der Waals surface area contributed by atoms with Gasteiger partial charge in [0.1, 0.15) is 0 Å². The van der Waals surface area contributed by atoms with Crippen LogP contribution in [0, 0.1) is 0 Å². The van der Waals surface area contributed by atoms with Crippen LogP contribution in [0.4, 0.5) is 5.69 Å². The van der Waals surface area contributed by atoms with Crippen LogP contribution in [0.25, 0.3) is 22.2 Å². The number of carbonyl (C=O) groups is 1. The van der Waals surface area contributed by atoms with Crippen molar-refractivity contribution in [1.82, 2.24) is 4.98 Å². The van der Waals surface area contributed by atoms with Crippen LogP contribution < -0.4 is 5.32 Å². The van der Waals surface area contributed by atoms with Gasteiger partial charge in [0.25, 0.3) is 0 Å². The lowest BCUT2D eigenvalue weighted by Gasteiger charge is -2.06. The van der Waals surface area contributed by atoms with Gasteiger partial charge >= 0.3 is 0 Å². The van der Waals surface area contributed by atoms with Crippen LogP contribution in [0.2, 0.25) is 0 Å². The molecule has 2 N–H and O–H groups in total. The summed E-state index contributed by atoms with van der Waals surface area (Å²) in [6.07, 6.45) is 1.41. The Bertz CT molecular complexity index is 740. The molecule has 0 aliphatic rings. The predicted molar refractivity (Wildman–Crippen MR) is 87.3 cm³/mol. The minimum atomic E-state index is 0.0614. The van der Waals surface area contributed by atoms with E-state index in [1.165, 1.54) is 5.39 Å². The van der Waals surface area contributed by atoms with Crippen molar-refractivity contribution in [3.05, 3.63) is 54.6 Å². The number of hydrogen-bond donors (Lipinski definition) is 2. The highest BCUT2D eigenvalue weighted by molar-refractivity contribution is 5.92. The summed E-state index contributed by atoms with van der Waals surface area (Å²) < 4.78 is 0. The van der Waals surface area contributed by atoms with E-state index in [0.717, 1.165) is 28.9 Å². The lowest BCUT2D eigenvalue weighted by atomic mass is 10.1. The summed E-state index contributed by atoms with van der Waals surface area (Å²) in [6.45, 7) is 2.00. The van der Waals surface area contributed by atoms with E-state index in [9.17, 15) is 4.79 Å². The highest BCUT2D eigenvalue weighted by atomic mass is 16.1. The summed E-state index contributed by atoms with van der Waals surface area (Å²) in [5, 5.41) is 4.12. The maximum Gasteiger partial charge on any atom is 0.224 e. The average Bonchev–Trinajstić information content (AvgIpc) is 2.91. The Hall–Kier alpha value is -2.55. The predicted octanol–water partition coefficient (Wildman–Crippen LogP) is 4.57. The molecule has 0 atom stereocenters. The number of aromatic nitrogens is 1. The largest absolute Gasteiger partial charge is 0.355 e. The highest BCUT2D eigenvalue weighted by Crippen LogP contribution is 2.26. The van der Waals surface area contributed by atoms with Crippen LogP contribution in [-0.4, -0.2) is 10.9 Å². The Balaban J connectivity index is 1.90. The zero-order valence-electron chi connectivity index (χ0n) is 12.0. The first-order valence-corrected chi connectivity index (χ1v) is 7.24. The summed E-state index contributed by atoms with van der Waals surface area (Å²) in [4.78, 5) is 15.1. The van der Waals surface area contributed by atoms with Gasteiger partial charge in [-0.05, 0) is 30.7 Å². The molecular formula is C18H18N2O. The molecule has 3 aromatic rings. The summed E-state index contributed by atoms with van der Waals surface area (Å²) in [5.74, 6) is 0.0614. The van der Waals surface area contributed by atoms with E-state index in [0.29, 0.717) is 6.42 Å². The van der Waals surface area contributed by atoms with Gasteiger partial charge in [-0.3, -0.25) is 4.79 Å². The van der Waals surface area contributed by atoms with Crippen molar-refractivity contribution >= 4 is 22.5 Å². The standard InChI is InChI=1S/C18H18N2O/c1-2-6-18(21)19-15-9-5-8-13(11-15)17-12-14-7-3-4-10-16(14)20-17/h3-5,7-12,20H,2,6H2,1H3,(H,19,21). The van der Waals surface area contributed by atoms with E-state index in [1.54, 1.807) is 0 Å². The molecule has 1 aromatic heterocycles. The Morgan fingerprint density at radius 3 is 2.76 bits per heavy atom. The van der Waals surface area contributed by atoms with Crippen LogP contribution in [0.1, 0.15) is 19.8 Å². The SMILES string of the molecule is CCCC(=O)Nc1cccc(-c2cc3ccccc3[nH]2)c1. The van der Waals surface area contributed by atoms with Gasteiger partial charge in [-0.1, -0.05) is 37.3 Å². The average molecular weight is 278 g/mol. The first-order valence-electron chi connectivity index (χ1n) is 7.24. The summed E-state index contributed by atoms with van der Waals surface area (Å²) >= 11 is 0. The fourth-order valence-electron chi connectivity index (χ4n) is 2.44. The van der Waals surface area contributed by atoms with E-state index in [2.05, 4.69) is 28.5 Å². The third-order valence-electron chi connectivity index (χ3n) is 3.46. The number of rotatable bonds is 4. The van der Waals surface area contributed by atoms with E-state index >= 15 is 0 Å². The molecule has 0 bridgehead atoms. The molecule has 0 aliphatic carbocycles. The minimum absolute atomic E-state index is 0.0614. The number of hydrogen-bond acceptors (Lipinski definition) is 1. The van der Waals surface area contributed by atoms with Gasteiger partial charge in [0.2, 0.25) is 5.91 Å². The number of para-hydroxylation sites is 1. The van der Waals surface area contributed by atoms with Crippen molar-refractivity contribution < 1.29 is 4.79 Å². The van der Waals surface area contributed by atoms with E-state index < -0.39 is 0 Å². The monoisotopic (exact) mass is 278 g/mol. The molecule has 1 heterocycles. The van der Waals surface area contributed by atoms with Gasteiger partial charge in [0.15, 0.2) is 0 Å². The molecule has 0 radical (unpaired) electrons. The van der Waals surface area contributed by atoms with Crippen LogP contribution in [0.3, 0.4) is 0 Å². The third-order valence-corrected chi connectivity index (χ3v) is 3.46. The molecule has 2 aromatic carbocycles. The Labute approximate surface area is 124 Å². The molecule has 3 rings (SSSR count). The van der Waals surface area contributed by atoms with Gasteiger partial charge < -0.3 is 10.3 Å². The number of carbonyl (C=O) groups excluding carboxylic acids is 1. The summed E-state index contributed by atoms with van der Waals surface area (Å²) in [6, 6.07) is 18.2. The van der Waals surface area contributed by atoms with Crippen molar-refractivity contribution in [3.8, 4) is 11.3 Å². The van der Waals surface area contributed by atoms with E-state index in [4.69, 9.17) is 0 Å². The molecule has 21 heavy (non-hydrogen) atoms. The second kappa shape index (κ2) is 5.83. The topological polar surface area (TPSA) is 44.9 Å². The summed E-state index contributed by atoms with van der Waals surface area (Å²) in [5.41, 5.74) is 4.08. The Morgan fingerprint density at radius 2 is 1.95 bits per heavy atom. The fraction of sp³-hybridized carbons (Fsp3) is 0.167. The summed E-state index contributed by atoms with van der Waals surface area (Å²) in [7, 11) is 0. The Kier molecular flexibility index (Phi) is 3.73. The number of benzene rings is 2. The Morgan fingerprint density at radius 1 is 1.10 bits per heavy atom. The van der Waals surface area contributed by atoms with Gasteiger partial charge in [0, 0.05) is 34.3 Å². The number of anilines is 1. The molecule has 0 spiro atoms. The normalized spacial score (nSPS) is 10.7. The first-order chi connectivity index (χ1) is 10.3. The zero-order valence-corrected chi connectivity index (χ0v) is 12.0. The molecular weight excluding hydrogens is 260 g/mol. The molecule has 106 valence electrons. The van der Waals surface area contributed by atoms with Gasteiger partial charge in [-0.2, -0.15) is 0 Å². The molecule has 0 unspecified atom stereocenters. The number of nitrogens with one attached hydrogen (secondary N) is 2. The number of fused-ring (bicyclic) bond motifs is 1.